The van der Waals surface area contributed by atoms with Crippen LogP contribution < -0.4 is 9.80 Å². The topological polar surface area (TPSA) is 92.7 Å². The van der Waals surface area contributed by atoms with Crippen LogP contribution in [-0.2, 0) is 0 Å². The first kappa shape index (κ1) is 15.3. The Hall–Kier alpha value is -3.23. The molecule has 1 fully saturated rings. The maximum Gasteiger partial charge on any atom is 0.292 e. The number of aryl methyl sites for hydroxylation is 1. The van der Waals surface area contributed by atoms with E-state index in [1.807, 2.05) is 25.1 Å². The van der Waals surface area contributed by atoms with Crippen LogP contribution in [0, 0.1) is 17.0 Å². The Morgan fingerprint density at radius 3 is 2.48 bits per heavy atom. The van der Waals surface area contributed by atoms with Gasteiger partial charge in [-0.25, -0.2) is 0 Å². The summed E-state index contributed by atoms with van der Waals surface area (Å²) in [6.45, 7) is 4.75. The first-order chi connectivity index (χ1) is 12.1. The standard InChI is InChI=1S/C16H17N7O2/c1-12-17-18-15-6-7-16(19-22(12)15)21-10-8-20(9-11-21)13-4-2-3-5-14(13)23(24)25/h2-7H,8-11H2,1H3. The van der Waals surface area contributed by atoms with Gasteiger partial charge < -0.3 is 9.80 Å². The van der Waals surface area contributed by atoms with E-state index in [1.54, 1.807) is 22.7 Å². The van der Waals surface area contributed by atoms with Gasteiger partial charge in [-0.15, -0.1) is 15.3 Å². The molecule has 2 aromatic heterocycles. The van der Waals surface area contributed by atoms with Gasteiger partial charge >= 0.3 is 0 Å². The highest BCUT2D eigenvalue weighted by Crippen LogP contribution is 2.28. The van der Waals surface area contributed by atoms with Gasteiger partial charge in [-0.2, -0.15) is 4.52 Å². The van der Waals surface area contributed by atoms with E-state index >= 15 is 0 Å². The molecule has 3 heterocycles. The Morgan fingerprint density at radius 1 is 1.00 bits per heavy atom. The number of nitro benzene ring substituents is 1. The molecule has 1 saturated heterocycles. The average molecular weight is 339 g/mol. The molecule has 0 saturated carbocycles. The number of rotatable bonds is 3. The lowest BCUT2D eigenvalue weighted by Crippen LogP contribution is -2.47. The van der Waals surface area contributed by atoms with Gasteiger partial charge in [0.15, 0.2) is 11.5 Å². The molecule has 0 radical (unpaired) electrons. The normalized spacial score (nSPS) is 14.9. The van der Waals surface area contributed by atoms with Crippen molar-refractivity contribution in [3.05, 3.63) is 52.3 Å². The molecule has 128 valence electrons. The van der Waals surface area contributed by atoms with Crippen LogP contribution in [0.4, 0.5) is 17.2 Å². The van der Waals surface area contributed by atoms with Crippen molar-refractivity contribution in [2.75, 3.05) is 36.0 Å². The summed E-state index contributed by atoms with van der Waals surface area (Å²) in [5.41, 5.74) is 1.54. The van der Waals surface area contributed by atoms with Crippen molar-refractivity contribution in [1.82, 2.24) is 19.8 Å². The van der Waals surface area contributed by atoms with E-state index in [1.165, 1.54) is 0 Å². The summed E-state index contributed by atoms with van der Waals surface area (Å²) in [5.74, 6) is 1.60. The first-order valence-electron chi connectivity index (χ1n) is 8.06. The molecule has 0 atom stereocenters. The zero-order valence-corrected chi connectivity index (χ0v) is 13.7. The van der Waals surface area contributed by atoms with Crippen LogP contribution >= 0.6 is 0 Å². The van der Waals surface area contributed by atoms with Crippen molar-refractivity contribution in [2.24, 2.45) is 0 Å². The number of piperazine rings is 1. The van der Waals surface area contributed by atoms with Crippen LogP contribution in [0.2, 0.25) is 0 Å². The fourth-order valence-corrected chi connectivity index (χ4v) is 3.12. The number of hydrogen-bond acceptors (Lipinski definition) is 7. The second-order valence-corrected chi connectivity index (χ2v) is 5.93. The largest absolute Gasteiger partial charge is 0.362 e. The van der Waals surface area contributed by atoms with Crippen LogP contribution in [0.15, 0.2) is 36.4 Å². The van der Waals surface area contributed by atoms with Crippen LogP contribution in [-0.4, -0.2) is 50.9 Å². The van der Waals surface area contributed by atoms with Gasteiger partial charge in [0.1, 0.15) is 11.5 Å². The number of hydrogen-bond donors (Lipinski definition) is 0. The van der Waals surface area contributed by atoms with Crippen molar-refractivity contribution in [1.29, 1.82) is 0 Å². The zero-order valence-electron chi connectivity index (χ0n) is 13.7. The first-order valence-corrected chi connectivity index (χ1v) is 8.06. The minimum absolute atomic E-state index is 0.149. The van der Waals surface area contributed by atoms with Gasteiger partial charge in [0.05, 0.1) is 4.92 Å². The molecule has 1 aromatic carbocycles. The van der Waals surface area contributed by atoms with Crippen molar-refractivity contribution in [3.8, 4) is 0 Å². The molecular weight excluding hydrogens is 322 g/mol. The Morgan fingerprint density at radius 2 is 1.72 bits per heavy atom. The SMILES string of the molecule is Cc1nnc2ccc(N3CCN(c4ccccc4[N+](=O)[O-])CC3)nn12. The Kier molecular flexibility index (Phi) is 3.68. The molecule has 0 spiro atoms. The maximum atomic E-state index is 11.2. The highest BCUT2D eigenvalue weighted by Gasteiger charge is 2.24. The third-order valence-corrected chi connectivity index (χ3v) is 4.43. The van der Waals surface area contributed by atoms with Crippen LogP contribution in [0.1, 0.15) is 5.82 Å². The van der Waals surface area contributed by atoms with Crippen molar-refractivity contribution < 1.29 is 4.92 Å². The summed E-state index contributed by atoms with van der Waals surface area (Å²) < 4.78 is 1.73. The fraction of sp³-hybridized carbons (Fsp3) is 0.312. The van der Waals surface area contributed by atoms with E-state index in [2.05, 4.69) is 25.1 Å². The summed E-state index contributed by atoms with van der Waals surface area (Å²) >= 11 is 0. The lowest BCUT2D eigenvalue weighted by molar-refractivity contribution is -0.384. The van der Waals surface area contributed by atoms with Gasteiger partial charge in [-0.05, 0) is 25.1 Å². The molecule has 0 aliphatic carbocycles. The molecule has 25 heavy (non-hydrogen) atoms. The molecule has 0 N–H and O–H groups in total. The van der Waals surface area contributed by atoms with E-state index in [9.17, 15) is 10.1 Å². The van der Waals surface area contributed by atoms with Crippen LogP contribution in [0.3, 0.4) is 0 Å². The number of benzene rings is 1. The molecule has 4 rings (SSSR count). The Bertz CT molecular complexity index is 931. The molecule has 3 aromatic rings. The lowest BCUT2D eigenvalue weighted by Gasteiger charge is -2.36. The monoisotopic (exact) mass is 339 g/mol. The highest BCUT2D eigenvalue weighted by molar-refractivity contribution is 5.64. The van der Waals surface area contributed by atoms with Crippen molar-refractivity contribution in [3.63, 3.8) is 0 Å². The van der Waals surface area contributed by atoms with Gasteiger partial charge in [-0.3, -0.25) is 10.1 Å². The number of aromatic nitrogens is 4. The van der Waals surface area contributed by atoms with Gasteiger partial charge in [0, 0.05) is 32.2 Å². The summed E-state index contributed by atoms with van der Waals surface area (Å²) in [4.78, 5) is 15.1. The van der Waals surface area contributed by atoms with E-state index < -0.39 is 0 Å². The maximum absolute atomic E-state index is 11.2. The van der Waals surface area contributed by atoms with Crippen LogP contribution in [0.5, 0.6) is 0 Å². The highest BCUT2D eigenvalue weighted by atomic mass is 16.6. The summed E-state index contributed by atoms with van der Waals surface area (Å²) in [6.07, 6.45) is 0. The third kappa shape index (κ3) is 2.73. The molecule has 0 bridgehead atoms. The predicted molar refractivity (Wildman–Crippen MR) is 93.0 cm³/mol. The van der Waals surface area contributed by atoms with Crippen molar-refractivity contribution >= 4 is 22.8 Å². The average Bonchev–Trinajstić information content (AvgIpc) is 3.02. The van der Waals surface area contributed by atoms with Crippen molar-refractivity contribution in [2.45, 2.75) is 6.92 Å². The molecule has 1 aliphatic rings. The Balaban J connectivity index is 1.53. The number of nitro groups is 1. The van der Waals surface area contributed by atoms with Gasteiger partial charge in [-0.1, -0.05) is 12.1 Å². The molecule has 0 amide bonds. The van der Waals surface area contributed by atoms with E-state index in [-0.39, 0.29) is 10.6 Å². The minimum Gasteiger partial charge on any atom is -0.362 e. The number of anilines is 2. The van der Waals surface area contributed by atoms with Gasteiger partial charge in [0.25, 0.3) is 5.69 Å². The minimum atomic E-state index is -0.327. The third-order valence-electron chi connectivity index (χ3n) is 4.43. The summed E-state index contributed by atoms with van der Waals surface area (Å²) in [5, 5.41) is 23.9. The van der Waals surface area contributed by atoms with Gasteiger partial charge in [0.2, 0.25) is 0 Å². The molecular formula is C16H17N7O2. The van der Waals surface area contributed by atoms with Crippen LogP contribution in [0.25, 0.3) is 5.65 Å². The molecule has 9 heteroatoms. The second-order valence-electron chi connectivity index (χ2n) is 5.93. The zero-order chi connectivity index (χ0) is 17.4. The number of nitrogens with zero attached hydrogens (tertiary/aromatic N) is 7. The van der Waals surface area contributed by atoms with E-state index in [0.717, 1.165) is 30.4 Å². The summed E-state index contributed by atoms with van der Waals surface area (Å²) in [7, 11) is 0. The molecule has 0 unspecified atom stereocenters. The predicted octanol–water partition coefficient (Wildman–Crippen LogP) is 1.67. The smallest absolute Gasteiger partial charge is 0.292 e. The quantitative estimate of drug-likeness (QED) is 0.529. The molecule has 9 nitrogen and oxygen atoms in total. The second kappa shape index (κ2) is 6.00. The summed E-state index contributed by atoms with van der Waals surface area (Å²) in [6, 6.07) is 10.7. The van der Waals surface area contributed by atoms with E-state index in [4.69, 9.17) is 0 Å². The number of fused-ring (bicyclic) bond motifs is 1. The number of para-hydroxylation sites is 2. The van der Waals surface area contributed by atoms with E-state index in [0.29, 0.717) is 18.8 Å². The molecule has 1 aliphatic heterocycles. The Labute approximate surface area is 143 Å². The lowest BCUT2D eigenvalue weighted by atomic mass is 10.2. The fourth-order valence-electron chi connectivity index (χ4n) is 3.12.